The summed E-state index contributed by atoms with van der Waals surface area (Å²) in [5.74, 6) is 0.804. The van der Waals surface area contributed by atoms with Gasteiger partial charge < -0.3 is 5.32 Å². The molecule has 0 aliphatic carbocycles. The highest BCUT2D eigenvalue weighted by Crippen LogP contribution is 2.19. The number of nitrogens with zero attached hydrogens (tertiary/aromatic N) is 2. The third-order valence-electron chi connectivity index (χ3n) is 2.49. The van der Waals surface area contributed by atoms with Crippen molar-refractivity contribution < 1.29 is 4.79 Å². The lowest BCUT2D eigenvalue weighted by Gasteiger charge is -2.04. The Morgan fingerprint density at radius 2 is 2.06 bits per heavy atom. The van der Waals surface area contributed by atoms with Gasteiger partial charge >= 0.3 is 0 Å². The molecule has 0 saturated carbocycles. The summed E-state index contributed by atoms with van der Waals surface area (Å²) in [6.45, 7) is 1.55. The van der Waals surface area contributed by atoms with Crippen molar-refractivity contribution in [3.8, 4) is 11.3 Å². The molecule has 2 rings (SSSR count). The second kappa shape index (κ2) is 4.74. The molecule has 1 aromatic carbocycles. The molecule has 86 valence electrons. The molecule has 0 spiro atoms. The Labute approximate surface area is 99.7 Å². The van der Waals surface area contributed by atoms with Crippen molar-refractivity contribution in [2.45, 2.75) is 6.92 Å². The lowest BCUT2D eigenvalue weighted by atomic mass is 10.1. The Kier molecular flexibility index (Phi) is 3.14. The van der Waals surface area contributed by atoms with Crippen molar-refractivity contribution in [2.75, 3.05) is 12.4 Å². The third-order valence-corrected chi connectivity index (χ3v) is 2.49. The number of carbonyl (C=O) groups is 1. The van der Waals surface area contributed by atoms with Gasteiger partial charge in [0.05, 0.1) is 5.69 Å². The summed E-state index contributed by atoms with van der Waals surface area (Å²) >= 11 is 0. The quantitative estimate of drug-likeness (QED) is 0.818. The van der Waals surface area contributed by atoms with Crippen LogP contribution < -0.4 is 5.32 Å². The van der Waals surface area contributed by atoms with Crippen LogP contribution in [0.15, 0.2) is 36.7 Å². The number of hydrogen-bond acceptors (Lipinski definition) is 4. The molecule has 17 heavy (non-hydrogen) atoms. The van der Waals surface area contributed by atoms with Crippen molar-refractivity contribution in [1.29, 1.82) is 0 Å². The van der Waals surface area contributed by atoms with Crippen LogP contribution in [0.3, 0.4) is 0 Å². The lowest BCUT2D eigenvalue weighted by molar-refractivity contribution is 0.101. The molecule has 0 aliphatic heterocycles. The SMILES string of the molecule is CNc1cc(-c2cccc(C(C)=O)c2)ncn1. The van der Waals surface area contributed by atoms with Crippen LogP contribution in [0.1, 0.15) is 17.3 Å². The number of nitrogens with one attached hydrogen (secondary N) is 1. The molecule has 0 fully saturated rings. The van der Waals surface area contributed by atoms with Crippen LogP contribution in [-0.4, -0.2) is 22.8 Å². The minimum atomic E-state index is 0.0507. The number of carbonyl (C=O) groups excluding carboxylic acids is 1. The first-order valence-electron chi connectivity index (χ1n) is 5.32. The predicted molar refractivity (Wildman–Crippen MR) is 67.0 cm³/mol. The van der Waals surface area contributed by atoms with E-state index >= 15 is 0 Å². The highest BCUT2D eigenvalue weighted by atomic mass is 16.1. The molecular formula is C13H13N3O. The summed E-state index contributed by atoms with van der Waals surface area (Å²) in [5, 5.41) is 2.96. The van der Waals surface area contributed by atoms with Gasteiger partial charge in [0.15, 0.2) is 5.78 Å². The zero-order valence-corrected chi connectivity index (χ0v) is 9.77. The minimum Gasteiger partial charge on any atom is -0.373 e. The van der Waals surface area contributed by atoms with Crippen molar-refractivity contribution in [3.05, 3.63) is 42.2 Å². The van der Waals surface area contributed by atoms with Crippen LogP contribution in [0.5, 0.6) is 0 Å². The van der Waals surface area contributed by atoms with Gasteiger partial charge in [0, 0.05) is 24.2 Å². The van der Waals surface area contributed by atoms with Crippen LogP contribution in [0.2, 0.25) is 0 Å². The number of rotatable bonds is 3. The first kappa shape index (κ1) is 11.3. The highest BCUT2D eigenvalue weighted by Gasteiger charge is 2.04. The Morgan fingerprint density at radius 3 is 2.76 bits per heavy atom. The fourth-order valence-electron chi connectivity index (χ4n) is 1.55. The molecule has 0 bridgehead atoms. The summed E-state index contributed by atoms with van der Waals surface area (Å²) in [4.78, 5) is 19.6. The number of benzene rings is 1. The molecule has 1 aromatic heterocycles. The van der Waals surface area contributed by atoms with Crippen LogP contribution in [0, 0.1) is 0 Å². The predicted octanol–water partition coefficient (Wildman–Crippen LogP) is 2.39. The van der Waals surface area contributed by atoms with Crippen LogP contribution in [0.4, 0.5) is 5.82 Å². The first-order chi connectivity index (χ1) is 8.20. The van der Waals surface area contributed by atoms with E-state index in [4.69, 9.17) is 0 Å². The third kappa shape index (κ3) is 2.47. The van der Waals surface area contributed by atoms with E-state index in [9.17, 15) is 4.79 Å². The van der Waals surface area contributed by atoms with E-state index in [1.807, 2.05) is 24.3 Å². The number of anilines is 1. The number of Topliss-reactive ketones (excluding diaryl/α,β-unsaturated/α-hetero) is 1. The first-order valence-corrected chi connectivity index (χ1v) is 5.32. The van der Waals surface area contributed by atoms with Gasteiger partial charge in [0.1, 0.15) is 12.1 Å². The van der Waals surface area contributed by atoms with Crippen LogP contribution in [-0.2, 0) is 0 Å². The zero-order valence-electron chi connectivity index (χ0n) is 9.77. The lowest BCUT2D eigenvalue weighted by Crippen LogP contribution is -1.95. The summed E-state index contributed by atoms with van der Waals surface area (Å²) in [7, 11) is 1.80. The smallest absolute Gasteiger partial charge is 0.159 e. The molecule has 0 amide bonds. The Balaban J connectivity index is 2.45. The summed E-state index contributed by atoms with van der Waals surface area (Å²) in [5.41, 5.74) is 2.40. The van der Waals surface area contributed by atoms with Crippen molar-refractivity contribution >= 4 is 11.6 Å². The number of aromatic nitrogens is 2. The minimum absolute atomic E-state index is 0.0507. The van der Waals surface area contributed by atoms with Gasteiger partial charge in [-0.05, 0) is 13.0 Å². The number of hydrogen-bond donors (Lipinski definition) is 1. The van der Waals surface area contributed by atoms with E-state index in [1.54, 1.807) is 20.0 Å². The molecule has 0 saturated heterocycles. The highest BCUT2D eigenvalue weighted by molar-refractivity contribution is 5.95. The fraction of sp³-hybridized carbons (Fsp3) is 0.154. The van der Waals surface area contributed by atoms with Gasteiger partial charge in [-0.1, -0.05) is 18.2 Å². The van der Waals surface area contributed by atoms with E-state index in [0.29, 0.717) is 5.56 Å². The second-order valence-corrected chi connectivity index (χ2v) is 3.68. The average Bonchev–Trinajstić information content (AvgIpc) is 2.39. The molecule has 2 aromatic rings. The van der Waals surface area contributed by atoms with E-state index in [2.05, 4.69) is 15.3 Å². The van der Waals surface area contributed by atoms with Crippen LogP contribution in [0.25, 0.3) is 11.3 Å². The maximum absolute atomic E-state index is 11.3. The molecular weight excluding hydrogens is 214 g/mol. The molecule has 4 nitrogen and oxygen atoms in total. The van der Waals surface area contributed by atoms with E-state index in [0.717, 1.165) is 17.1 Å². The Morgan fingerprint density at radius 1 is 1.24 bits per heavy atom. The molecule has 1 N–H and O–H groups in total. The topological polar surface area (TPSA) is 54.9 Å². The normalized spacial score (nSPS) is 10.0. The molecule has 0 radical (unpaired) electrons. The van der Waals surface area contributed by atoms with Gasteiger partial charge in [-0.3, -0.25) is 4.79 Å². The second-order valence-electron chi connectivity index (χ2n) is 3.68. The van der Waals surface area contributed by atoms with Gasteiger partial charge in [-0.25, -0.2) is 9.97 Å². The van der Waals surface area contributed by atoms with Crippen molar-refractivity contribution in [3.63, 3.8) is 0 Å². The molecule has 0 unspecified atom stereocenters. The zero-order chi connectivity index (χ0) is 12.3. The maximum Gasteiger partial charge on any atom is 0.159 e. The Bertz CT molecular complexity index is 552. The van der Waals surface area contributed by atoms with Gasteiger partial charge in [0.2, 0.25) is 0 Å². The summed E-state index contributed by atoms with van der Waals surface area (Å²) in [6.07, 6.45) is 1.50. The van der Waals surface area contributed by atoms with Crippen molar-refractivity contribution in [2.24, 2.45) is 0 Å². The number of ketones is 1. The summed E-state index contributed by atoms with van der Waals surface area (Å²) < 4.78 is 0. The van der Waals surface area contributed by atoms with Crippen LogP contribution >= 0.6 is 0 Å². The van der Waals surface area contributed by atoms with Gasteiger partial charge in [-0.2, -0.15) is 0 Å². The largest absolute Gasteiger partial charge is 0.373 e. The van der Waals surface area contributed by atoms with E-state index < -0.39 is 0 Å². The van der Waals surface area contributed by atoms with E-state index in [-0.39, 0.29) is 5.78 Å². The molecule has 0 atom stereocenters. The molecule has 1 heterocycles. The maximum atomic E-state index is 11.3. The molecule has 0 aliphatic rings. The average molecular weight is 227 g/mol. The van der Waals surface area contributed by atoms with Crippen molar-refractivity contribution in [1.82, 2.24) is 9.97 Å². The van der Waals surface area contributed by atoms with E-state index in [1.165, 1.54) is 6.33 Å². The van der Waals surface area contributed by atoms with Gasteiger partial charge in [0.25, 0.3) is 0 Å². The molecule has 4 heteroatoms. The Hall–Kier alpha value is -2.23. The fourth-order valence-corrected chi connectivity index (χ4v) is 1.55. The summed E-state index contributed by atoms with van der Waals surface area (Å²) in [6, 6.07) is 9.26. The van der Waals surface area contributed by atoms with Gasteiger partial charge in [-0.15, -0.1) is 0 Å². The monoisotopic (exact) mass is 227 g/mol. The standard InChI is InChI=1S/C13H13N3O/c1-9(17)10-4-3-5-11(6-10)12-7-13(14-2)16-8-15-12/h3-8H,1-2H3,(H,14,15,16).